The van der Waals surface area contributed by atoms with Crippen LogP contribution in [-0.2, 0) is 0 Å². The monoisotopic (exact) mass is 293 g/mol. The zero-order valence-corrected chi connectivity index (χ0v) is 12.3. The molecule has 1 amide bonds. The van der Waals surface area contributed by atoms with Gasteiger partial charge in [0.1, 0.15) is 5.75 Å². The molecule has 0 unspecified atom stereocenters. The maximum atomic E-state index is 12.4. The number of hydrogen-bond donors (Lipinski definition) is 1. The molecule has 0 saturated heterocycles. The quantitative estimate of drug-likeness (QED) is 0.805. The molecule has 0 aliphatic rings. The van der Waals surface area contributed by atoms with Gasteiger partial charge in [-0.15, -0.1) is 0 Å². The van der Waals surface area contributed by atoms with Gasteiger partial charge >= 0.3 is 0 Å². The summed E-state index contributed by atoms with van der Waals surface area (Å²) in [5, 5.41) is 2.87. The van der Waals surface area contributed by atoms with Crippen LogP contribution in [0.3, 0.4) is 0 Å². The highest BCUT2D eigenvalue weighted by atomic mass is 16.5. The molecule has 0 fully saturated rings. The van der Waals surface area contributed by atoms with E-state index in [-0.39, 0.29) is 5.91 Å². The molecule has 5 nitrogen and oxygen atoms in total. The Morgan fingerprint density at radius 1 is 1.05 bits per heavy atom. The summed E-state index contributed by atoms with van der Waals surface area (Å²) in [6, 6.07) is 10.9. The summed E-state index contributed by atoms with van der Waals surface area (Å²) >= 11 is 0. The minimum Gasteiger partial charge on any atom is -0.495 e. The molecular weight excluding hydrogens is 278 g/mol. The molecule has 3 rings (SSSR count). The Kier molecular flexibility index (Phi) is 3.70. The number of carbonyl (C=O) groups excluding carboxylic acids is 1. The van der Waals surface area contributed by atoms with E-state index in [2.05, 4.69) is 15.3 Å². The number of fused-ring (bicyclic) bond motifs is 1. The van der Waals surface area contributed by atoms with Gasteiger partial charge in [0.2, 0.25) is 0 Å². The van der Waals surface area contributed by atoms with Crippen molar-refractivity contribution in [3.63, 3.8) is 0 Å². The Balaban J connectivity index is 1.91. The van der Waals surface area contributed by atoms with Gasteiger partial charge in [-0.1, -0.05) is 6.07 Å². The summed E-state index contributed by atoms with van der Waals surface area (Å²) in [5.74, 6) is 0.413. The first kappa shape index (κ1) is 14.0. The van der Waals surface area contributed by atoms with Gasteiger partial charge in [-0.25, -0.2) is 0 Å². The van der Waals surface area contributed by atoms with Gasteiger partial charge in [-0.05, 0) is 42.8 Å². The fourth-order valence-corrected chi connectivity index (χ4v) is 2.22. The molecule has 0 bridgehead atoms. The van der Waals surface area contributed by atoms with Crippen molar-refractivity contribution >= 4 is 22.6 Å². The van der Waals surface area contributed by atoms with E-state index in [1.54, 1.807) is 37.7 Å². The lowest BCUT2D eigenvalue weighted by Gasteiger charge is -2.11. The molecule has 5 heteroatoms. The first-order valence-corrected chi connectivity index (χ1v) is 6.84. The van der Waals surface area contributed by atoms with Crippen molar-refractivity contribution in [3.8, 4) is 5.75 Å². The number of carbonyl (C=O) groups is 1. The van der Waals surface area contributed by atoms with Crippen LogP contribution in [0.2, 0.25) is 0 Å². The fraction of sp³-hybridized carbons (Fsp3) is 0.118. The van der Waals surface area contributed by atoms with Crippen LogP contribution in [0.25, 0.3) is 11.0 Å². The van der Waals surface area contributed by atoms with E-state index in [1.165, 1.54) is 0 Å². The Morgan fingerprint density at radius 2 is 1.82 bits per heavy atom. The van der Waals surface area contributed by atoms with Crippen LogP contribution in [0.5, 0.6) is 5.75 Å². The lowest BCUT2D eigenvalue weighted by atomic mass is 10.1. The zero-order valence-electron chi connectivity index (χ0n) is 12.3. The van der Waals surface area contributed by atoms with Crippen LogP contribution >= 0.6 is 0 Å². The van der Waals surface area contributed by atoms with E-state index in [4.69, 9.17) is 4.74 Å². The van der Waals surface area contributed by atoms with E-state index in [9.17, 15) is 4.79 Å². The SMILES string of the molecule is COc1ccc(C)cc1NC(=O)c1ccc2nccnc2c1. The van der Waals surface area contributed by atoms with Gasteiger partial charge in [0.15, 0.2) is 0 Å². The van der Waals surface area contributed by atoms with Crippen LogP contribution in [0, 0.1) is 6.92 Å². The molecule has 0 atom stereocenters. The van der Waals surface area contributed by atoms with Crippen molar-refractivity contribution in [1.29, 1.82) is 0 Å². The number of ether oxygens (including phenoxy) is 1. The molecule has 1 aromatic heterocycles. The molecule has 0 aliphatic carbocycles. The number of benzene rings is 2. The predicted molar refractivity (Wildman–Crippen MR) is 85.2 cm³/mol. The maximum absolute atomic E-state index is 12.4. The number of methoxy groups -OCH3 is 1. The Morgan fingerprint density at radius 3 is 2.59 bits per heavy atom. The van der Waals surface area contributed by atoms with Gasteiger partial charge in [-0.3, -0.25) is 14.8 Å². The van der Waals surface area contributed by atoms with E-state index >= 15 is 0 Å². The maximum Gasteiger partial charge on any atom is 0.255 e. The minimum atomic E-state index is -0.212. The Bertz CT molecular complexity index is 846. The number of hydrogen-bond acceptors (Lipinski definition) is 4. The second-order valence-electron chi connectivity index (χ2n) is 4.92. The standard InChI is InChI=1S/C17H15N3O2/c1-11-3-6-16(22-2)15(9-11)20-17(21)12-4-5-13-14(10-12)19-8-7-18-13/h3-10H,1-2H3,(H,20,21). The summed E-state index contributed by atoms with van der Waals surface area (Å²) in [4.78, 5) is 20.8. The number of aromatic nitrogens is 2. The summed E-state index contributed by atoms with van der Waals surface area (Å²) in [5.41, 5.74) is 3.65. The number of amides is 1. The summed E-state index contributed by atoms with van der Waals surface area (Å²) in [6.45, 7) is 1.96. The number of anilines is 1. The fourth-order valence-electron chi connectivity index (χ4n) is 2.22. The Hall–Kier alpha value is -2.95. The second-order valence-corrected chi connectivity index (χ2v) is 4.92. The molecule has 1 N–H and O–H groups in total. The lowest BCUT2D eigenvalue weighted by molar-refractivity contribution is 0.102. The third-order valence-electron chi connectivity index (χ3n) is 3.33. The highest BCUT2D eigenvalue weighted by Crippen LogP contribution is 2.26. The highest BCUT2D eigenvalue weighted by molar-refractivity contribution is 6.06. The van der Waals surface area contributed by atoms with Crippen LogP contribution < -0.4 is 10.1 Å². The first-order valence-electron chi connectivity index (χ1n) is 6.84. The van der Waals surface area contributed by atoms with Gasteiger partial charge in [0.05, 0.1) is 23.8 Å². The smallest absolute Gasteiger partial charge is 0.255 e. The van der Waals surface area contributed by atoms with Gasteiger partial charge < -0.3 is 10.1 Å². The molecular formula is C17H15N3O2. The second kappa shape index (κ2) is 5.81. The molecule has 1 heterocycles. The number of nitrogens with one attached hydrogen (secondary N) is 1. The molecule has 0 radical (unpaired) electrons. The van der Waals surface area contributed by atoms with Gasteiger partial charge in [-0.2, -0.15) is 0 Å². The first-order chi connectivity index (χ1) is 10.7. The van der Waals surface area contributed by atoms with E-state index in [1.807, 2.05) is 25.1 Å². The summed E-state index contributed by atoms with van der Waals surface area (Å²) in [7, 11) is 1.58. The van der Waals surface area contributed by atoms with Crippen LogP contribution in [0.15, 0.2) is 48.8 Å². The van der Waals surface area contributed by atoms with Crippen molar-refractivity contribution in [2.24, 2.45) is 0 Å². The normalized spacial score (nSPS) is 10.5. The van der Waals surface area contributed by atoms with E-state index in [0.717, 1.165) is 11.1 Å². The average molecular weight is 293 g/mol. The topological polar surface area (TPSA) is 64.1 Å². The van der Waals surface area contributed by atoms with E-state index in [0.29, 0.717) is 22.5 Å². The minimum absolute atomic E-state index is 0.212. The predicted octanol–water partition coefficient (Wildman–Crippen LogP) is 3.20. The lowest BCUT2D eigenvalue weighted by Crippen LogP contribution is -2.12. The number of aryl methyl sites for hydroxylation is 1. The van der Waals surface area contributed by atoms with Crippen LogP contribution in [0.4, 0.5) is 5.69 Å². The third-order valence-corrected chi connectivity index (χ3v) is 3.33. The largest absolute Gasteiger partial charge is 0.495 e. The molecule has 0 saturated carbocycles. The molecule has 2 aromatic carbocycles. The van der Waals surface area contributed by atoms with E-state index < -0.39 is 0 Å². The van der Waals surface area contributed by atoms with Crippen LogP contribution in [0.1, 0.15) is 15.9 Å². The van der Waals surface area contributed by atoms with Crippen molar-refractivity contribution in [1.82, 2.24) is 9.97 Å². The molecule has 3 aromatic rings. The molecule has 0 aliphatic heterocycles. The summed E-state index contributed by atoms with van der Waals surface area (Å²) < 4.78 is 5.27. The van der Waals surface area contributed by atoms with Gasteiger partial charge in [0, 0.05) is 18.0 Å². The molecule has 0 spiro atoms. The van der Waals surface area contributed by atoms with Crippen molar-refractivity contribution < 1.29 is 9.53 Å². The number of rotatable bonds is 3. The average Bonchev–Trinajstić information content (AvgIpc) is 2.54. The van der Waals surface area contributed by atoms with Crippen molar-refractivity contribution in [3.05, 3.63) is 59.9 Å². The zero-order chi connectivity index (χ0) is 15.5. The highest BCUT2D eigenvalue weighted by Gasteiger charge is 2.11. The third kappa shape index (κ3) is 2.74. The molecule has 110 valence electrons. The van der Waals surface area contributed by atoms with Crippen molar-refractivity contribution in [2.75, 3.05) is 12.4 Å². The Labute approximate surface area is 128 Å². The number of nitrogens with zero attached hydrogens (tertiary/aromatic N) is 2. The van der Waals surface area contributed by atoms with Crippen LogP contribution in [-0.4, -0.2) is 23.0 Å². The molecule has 22 heavy (non-hydrogen) atoms. The summed E-state index contributed by atoms with van der Waals surface area (Å²) in [6.07, 6.45) is 3.23. The van der Waals surface area contributed by atoms with Gasteiger partial charge in [0.25, 0.3) is 5.91 Å². The van der Waals surface area contributed by atoms with Crippen molar-refractivity contribution in [2.45, 2.75) is 6.92 Å².